The molecule has 0 bridgehead atoms. The van der Waals surface area contributed by atoms with Gasteiger partial charge in [-0.25, -0.2) is 9.79 Å². The topological polar surface area (TPSA) is 214 Å². The van der Waals surface area contributed by atoms with Crippen molar-refractivity contribution in [3.05, 3.63) is 96.6 Å². The van der Waals surface area contributed by atoms with Crippen LogP contribution in [-0.2, 0) is 10.1 Å². The van der Waals surface area contributed by atoms with Gasteiger partial charge in [0.05, 0.1) is 22.7 Å². The number of carbonyl (C=O) groups is 1. The van der Waals surface area contributed by atoms with Gasteiger partial charge in [0.2, 0.25) is 0 Å². The van der Waals surface area contributed by atoms with Gasteiger partial charge in [0.15, 0.2) is 11.6 Å². The number of nitrogens with zero attached hydrogens (tertiary/aromatic N) is 5. The van der Waals surface area contributed by atoms with Crippen LogP contribution in [0.3, 0.4) is 0 Å². The van der Waals surface area contributed by atoms with E-state index in [-0.39, 0.29) is 92.8 Å². The van der Waals surface area contributed by atoms with E-state index in [1.54, 1.807) is 48.5 Å². The third-order valence-electron chi connectivity index (χ3n) is 6.43. The van der Waals surface area contributed by atoms with Gasteiger partial charge in [0, 0.05) is 71.4 Å². The summed E-state index contributed by atoms with van der Waals surface area (Å²) in [7, 11) is -4.78. The van der Waals surface area contributed by atoms with Crippen LogP contribution >= 0.6 is 0 Å². The molecule has 0 fully saturated rings. The fourth-order valence-electron chi connectivity index (χ4n) is 4.30. The molecular weight excluding hydrogens is 648 g/mol. The third kappa shape index (κ3) is 9.09. The van der Waals surface area contributed by atoms with Crippen LogP contribution in [0.2, 0.25) is 0 Å². The molecule has 5 aromatic carbocycles. The number of phenolic OH excluding ortho intramolecular Hbond substituents is 1. The van der Waals surface area contributed by atoms with Gasteiger partial charge in [0.25, 0.3) is 10.1 Å². The number of aliphatic imine (C=N–C) groups is 1. The number of aliphatic hydroxyl groups is 1. The standard InChI is InChI=1S/C31H23N5O8S.2Na/c1-17(37)32-23-11-6-20-14-28(45(42,43)44)29(30(39)25(20)15-23)36-34-22-9-4-19(5-10-22)18-2-7-21(8-3-18)33-35-24-12-13-27(38)26(16-24)31(40)41;;/h2-16,38-39H,1H3,(H,32,37)(H,40,41)(H,42,43,44);;. The number of benzene rings is 5. The first-order chi connectivity index (χ1) is 21.4. The van der Waals surface area contributed by atoms with Crippen molar-refractivity contribution in [1.29, 1.82) is 0 Å². The molecule has 0 amide bonds. The van der Waals surface area contributed by atoms with Crippen molar-refractivity contribution in [2.75, 3.05) is 0 Å². The normalized spacial score (nSPS) is 11.8. The van der Waals surface area contributed by atoms with Crippen molar-refractivity contribution >= 4 is 120 Å². The smallest absolute Gasteiger partial charge is 0.339 e. The summed E-state index contributed by atoms with van der Waals surface area (Å²) < 4.78 is 34.0. The minimum atomic E-state index is -4.78. The minimum Gasteiger partial charge on any atom is -0.507 e. The summed E-state index contributed by atoms with van der Waals surface area (Å²) in [5.41, 5.74) is 2.28. The first-order valence-corrected chi connectivity index (χ1v) is 14.4. The largest absolute Gasteiger partial charge is 0.507 e. The predicted molar refractivity (Wildman–Crippen MR) is 178 cm³/mol. The molecule has 2 radical (unpaired) electrons. The van der Waals surface area contributed by atoms with Crippen LogP contribution in [0, 0.1) is 0 Å². The molecule has 5 aromatic rings. The van der Waals surface area contributed by atoms with Crippen molar-refractivity contribution < 1.29 is 38.2 Å². The Hall–Kier alpha value is -3.99. The van der Waals surface area contributed by atoms with Crippen LogP contribution in [0.25, 0.3) is 21.9 Å². The Morgan fingerprint density at radius 3 is 1.70 bits per heavy atom. The molecule has 0 aliphatic carbocycles. The number of aliphatic hydroxyl groups excluding tert-OH is 1. The maximum absolute atomic E-state index is 12.1. The molecule has 47 heavy (non-hydrogen) atoms. The summed E-state index contributed by atoms with van der Waals surface area (Å²) in [5.74, 6) is -2.41. The SMILES string of the molecule is CC(O)=Nc1ccc2cc(S(=O)(=O)O)c(N=Nc3ccc(-c4ccc(N=Nc5ccc(O)c(C(=O)O)c5)cc4)cc3)c(O)c2c1.[Na].[Na]. The van der Waals surface area contributed by atoms with Crippen molar-refractivity contribution in [2.24, 2.45) is 25.4 Å². The van der Waals surface area contributed by atoms with E-state index in [2.05, 4.69) is 25.4 Å². The molecule has 0 saturated heterocycles. The zero-order valence-corrected chi connectivity index (χ0v) is 30.1. The van der Waals surface area contributed by atoms with Gasteiger partial charge < -0.3 is 20.4 Å². The second-order valence-corrected chi connectivity index (χ2v) is 11.0. The molecule has 0 aliphatic rings. The maximum atomic E-state index is 12.1. The summed E-state index contributed by atoms with van der Waals surface area (Å²) >= 11 is 0. The number of carboxylic acid groups (broad SMARTS) is 1. The fraction of sp³-hybridized carbons (Fsp3) is 0.0323. The van der Waals surface area contributed by atoms with E-state index in [4.69, 9.17) is 5.11 Å². The van der Waals surface area contributed by atoms with Crippen LogP contribution in [0.1, 0.15) is 17.3 Å². The molecule has 0 unspecified atom stereocenters. The Labute approximate surface area is 312 Å². The molecule has 5 N–H and O–H groups in total. The fourth-order valence-corrected chi connectivity index (χ4v) is 4.96. The molecule has 13 nitrogen and oxygen atoms in total. The average molecular weight is 672 g/mol. The number of hydrogen-bond donors (Lipinski definition) is 5. The Bertz CT molecular complexity index is 2150. The van der Waals surface area contributed by atoms with E-state index in [0.29, 0.717) is 17.1 Å². The molecule has 0 aliphatic heterocycles. The van der Waals surface area contributed by atoms with Crippen molar-refractivity contribution in [3.63, 3.8) is 0 Å². The number of fused-ring (bicyclic) bond motifs is 1. The first kappa shape index (κ1) is 37.5. The Balaban J connectivity index is 0.00000300. The Morgan fingerprint density at radius 1 is 0.660 bits per heavy atom. The molecular formula is C31H23N5Na2O8S. The van der Waals surface area contributed by atoms with Crippen molar-refractivity contribution in [3.8, 4) is 22.6 Å². The molecule has 0 atom stereocenters. The van der Waals surface area contributed by atoms with E-state index in [1.165, 1.54) is 43.3 Å². The van der Waals surface area contributed by atoms with E-state index in [9.17, 15) is 33.1 Å². The Kier molecular flexibility index (Phi) is 12.5. The van der Waals surface area contributed by atoms with E-state index < -0.39 is 32.4 Å². The zero-order valence-electron chi connectivity index (χ0n) is 25.3. The number of carboxylic acids is 1. The summed E-state index contributed by atoms with van der Waals surface area (Å²) in [6.45, 7) is 1.37. The summed E-state index contributed by atoms with van der Waals surface area (Å²) in [5, 5.41) is 55.7. The van der Waals surface area contributed by atoms with Crippen LogP contribution in [0.4, 0.5) is 28.4 Å². The van der Waals surface area contributed by atoms with Gasteiger partial charge in [-0.15, -0.1) is 5.11 Å². The van der Waals surface area contributed by atoms with Gasteiger partial charge in [-0.1, -0.05) is 30.3 Å². The minimum absolute atomic E-state index is 0. The molecule has 0 aromatic heterocycles. The van der Waals surface area contributed by atoms with E-state index >= 15 is 0 Å². The van der Waals surface area contributed by atoms with Crippen molar-refractivity contribution in [1.82, 2.24) is 0 Å². The predicted octanol–water partition coefficient (Wildman–Crippen LogP) is 7.54. The summed E-state index contributed by atoms with van der Waals surface area (Å²) in [6, 6.07) is 23.2. The number of azo groups is 2. The number of hydrogen-bond acceptors (Lipinski definition) is 10. The first-order valence-electron chi connectivity index (χ1n) is 13.0. The van der Waals surface area contributed by atoms with Crippen LogP contribution in [0.5, 0.6) is 11.5 Å². The molecule has 0 heterocycles. The van der Waals surface area contributed by atoms with Gasteiger partial charge in [-0.2, -0.15) is 23.8 Å². The van der Waals surface area contributed by atoms with Gasteiger partial charge in [-0.05, 0) is 77.2 Å². The van der Waals surface area contributed by atoms with Crippen molar-refractivity contribution in [2.45, 2.75) is 11.8 Å². The van der Waals surface area contributed by atoms with Crippen LogP contribution < -0.4 is 0 Å². The van der Waals surface area contributed by atoms with E-state index in [0.717, 1.165) is 17.2 Å². The van der Waals surface area contributed by atoms with Gasteiger partial charge in [-0.3, -0.25) is 4.55 Å². The maximum Gasteiger partial charge on any atom is 0.339 e. The quantitative estimate of drug-likeness (QED) is 0.0364. The molecule has 228 valence electrons. The van der Waals surface area contributed by atoms with Crippen LogP contribution in [-0.4, -0.2) is 104 Å². The number of phenols is 2. The third-order valence-corrected chi connectivity index (χ3v) is 7.30. The summed E-state index contributed by atoms with van der Waals surface area (Å²) in [6.07, 6.45) is 0. The number of rotatable bonds is 8. The van der Waals surface area contributed by atoms with Gasteiger partial charge in [0.1, 0.15) is 21.9 Å². The van der Waals surface area contributed by atoms with E-state index in [1.807, 2.05) is 0 Å². The monoisotopic (exact) mass is 671 g/mol. The molecule has 0 saturated carbocycles. The van der Waals surface area contributed by atoms with Gasteiger partial charge >= 0.3 is 5.97 Å². The number of aromatic hydroxyl groups is 2. The molecule has 0 spiro atoms. The second kappa shape index (κ2) is 15.7. The zero-order chi connectivity index (χ0) is 32.3. The molecule has 5 rings (SSSR count). The summed E-state index contributed by atoms with van der Waals surface area (Å²) in [4.78, 5) is 14.5. The molecule has 16 heteroatoms. The second-order valence-electron chi connectivity index (χ2n) is 9.61. The number of aromatic carboxylic acids is 1. The van der Waals surface area contributed by atoms with Crippen LogP contribution in [0.15, 0.2) is 121 Å². The Morgan fingerprint density at radius 2 is 1.17 bits per heavy atom. The average Bonchev–Trinajstić information content (AvgIpc) is 3.00.